The van der Waals surface area contributed by atoms with Crippen LogP contribution in [0.1, 0.15) is 12.0 Å². The molecule has 1 aliphatic heterocycles. The standard InChI is InChI=1S/C11H12O5S/c12-11-10(6-7-15-11)16-17(13,14)8-9-4-2-1-3-5-9/h1-5,10H,6-8H2/t10-/m1/s1. The zero-order valence-corrected chi connectivity index (χ0v) is 9.85. The summed E-state index contributed by atoms with van der Waals surface area (Å²) in [4.78, 5) is 11.1. The summed E-state index contributed by atoms with van der Waals surface area (Å²) in [5.74, 6) is -0.848. The van der Waals surface area contributed by atoms with E-state index in [1.165, 1.54) is 0 Å². The highest BCUT2D eigenvalue weighted by atomic mass is 32.2. The van der Waals surface area contributed by atoms with Crippen molar-refractivity contribution in [3.8, 4) is 0 Å². The lowest BCUT2D eigenvalue weighted by Crippen LogP contribution is -2.23. The zero-order valence-electron chi connectivity index (χ0n) is 9.03. The van der Waals surface area contributed by atoms with Gasteiger partial charge in [-0.3, -0.25) is 4.18 Å². The number of esters is 1. The summed E-state index contributed by atoms with van der Waals surface area (Å²) in [5.41, 5.74) is 0.624. The van der Waals surface area contributed by atoms with E-state index in [4.69, 9.17) is 4.18 Å². The largest absolute Gasteiger partial charge is 0.464 e. The minimum atomic E-state index is -3.75. The average molecular weight is 256 g/mol. The van der Waals surface area contributed by atoms with E-state index in [1.54, 1.807) is 30.3 Å². The van der Waals surface area contributed by atoms with Crippen LogP contribution in [0, 0.1) is 0 Å². The van der Waals surface area contributed by atoms with Crippen LogP contribution in [0.5, 0.6) is 0 Å². The number of hydrogen-bond donors (Lipinski definition) is 0. The smallest absolute Gasteiger partial charge is 0.336 e. The van der Waals surface area contributed by atoms with Gasteiger partial charge in [-0.05, 0) is 5.56 Å². The van der Waals surface area contributed by atoms with Gasteiger partial charge in [0.1, 0.15) is 5.75 Å². The first-order valence-electron chi connectivity index (χ1n) is 5.18. The molecule has 1 atom stereocenters. The topological polar surface area (TPSA) is 69.7 Å². The Morgan fingerprint density at radius 1 is 1.29 bits per heavy atom. The molecule has 5 nitrogen and oxygen atoms in total. The van der Waals surface area contributed by atoms with Crippen molar-refractivity contribution >= 4 is 16.1 Å². The Morgan fingerprint density at radius 2 is 2.00 bits per heavy atom. The summed E-state index contributed by atoms with van der Waals surface area (Å²) in [7, 11) is -3.75. The molecular weight excluding hydrogens is 244 g/mol. The molecule has 0 aliphatic carbocycles. The Morgan fingerprint density at radius 3 is 2.59 bits per heavy atom. The molecule has 0 radical (unpaired) electrons. The van der Waals surface area contributed by atoms with Crippen LogP contribution in [0.15, 0.2) is 30.3 Å². The SMILES string of the molecule is O=C1OCC[C@H]1OS(=O)(=O)Cc1ccccc1. The van der Waals surface area contributed by atoms with Gasteiger partial charge in [-0.2, -0.15) is 8.42 Å². The molecule has 17 heavy (non-hydrogen) atoms. The maximum absolute atomic E-state index is 11.7. The van der Waals surface area contributed by atoms with Crippen LogP contribution in [-0.2, 0) is 29.6 Å². The molecule has 1 heterocycles. The number of hydrogen-bond acceptors (Lipinski definition) is 5. The van der Waals surface area contributed by atoms with E-state index < -0.39 is 22.2 Å². The molecule has 2 rings (SSSR count). The number of benzene rings is 1. The van der Waals surface area contributed by atoms with E-state index in [0.717, 1.165) is 0 Å². The minimum absolute atomic E-state index is 0.213. The van der Waals surface area contributed by atoms with Gasteiger partial charge in [0, 0.05) is 6.42 Å². The van der Waals surface area contributed by atoms with Crippen LogP contribution in [0.3, 0.4) is 0 Å². The lowest BCUT2D eigenvalue weighted by molar-refractivity contribution is -0.143. The summed E-state index contributed by atoms with van der Waals surface area (Å²) in [6.45, 7) is 0.213. The minimum Gasteiger partial charge on any atom is -0.464 e. The highest BCUT2D eigenvalue weighted by Gasteiger charge is 2.32. The summed E-state index contributed by atoms with van der Waals surface area (Å²) < 4.78 is 32.8. The fourth-order valence-corrected chi connectivity index (χ4v) is 2.75. The van der Waals surface area contributed by atoms with Gasteiger partial charge in [0.05, 0.1) is 6.61 Å². The van der Waals surface area contributed by atoms with Gasteiger partial charge < -0.3 is 4.74 Å². The normalized spacial score (nSPS) is 20.2. The molecule has 0 aromatic heterocycles. The van der Waals surface area contributed by atoms with E-state index >= 15 is 0 Å². The number of carbonyl (C=O) groups excluding carboxylic acids is 1. The Balaban J connectivity index is 2.02. The maximum atomic E-state index is 11.7. The van der Waals surface area contributed by atoms with Crippen molar-refractivity contribution < 1.29 is 22.1 Å². The highest BCUT2D eigenvalue weighted by molar-refractivity contribution is 7.85. The van der Waals surface area contributed by atoms with Gasteiger partial charge in [0.15, 0.2) is 6.10 Å². The van der Waals surface area contributed by atoms with Gasteiger partial charge in [-0.15, -0.1) is 0 Å². The monoisotopic (exact) mass is 256 g/mol. The van der Waals surface area contributed by atoms with Crippen LogP contribution >= 0.6 is 0 Å². The van der Waals surface area contributed by atoms with Crippen LogP contribution in [-0.4, -0.2) is 27.1 Å². The summed E-state index contributed by atoms with van der Waals surface area (Å²) in [6.07, 6.45) is -0.698. The molecule has 0 N–H and O–H groups in total. The Bertz CT molecular complexity index is 494. The molecule has 0 unspecified atom stereocenters. The molecule has 1 aromatic rings. The molecule has 1 saturated heterocycles. The second-order valence-electron chi connectivity index (χ2n) is 3.73. The lowest BCUT2D eigenvalue weighted by atomic mass is 10.2. The third-order valence-electron chi connectivity index (χ3n) is 2.34. The molecule has 0 saturated carbocycles. The number of carbonyl (C=O) groups is 1. The molecule has 1 aliphatic rings. The molecule has 0 amide bonds. The van der Waals surface area contributed by atoms with Crippen molar-refractivity contribution in [2.75, 3.05) is 6.61 Å². The summed E-state index contributed by atoms with van der Waals surface area (Å²) in [6, 6.07) is 8.66. The Kier molecular flexibility index (Phi) is 3.44. The second kappa shape index (κ2) is 4.85. The quantitative estimate of drug-likeness (QED) is 0.590. The Hall–Kier alpha value is -1.40. The van der Waals surface area contributed by atoms with Crippen molar-refractivity contribution in [3.63, 3.8) is 0 Å². The third-order valence-corrected chi connectivity index (χ3v) is 3.55. The molecule has 92 valence electrons. The van der Waals surface area contributed by atoms with Crippen molar-refractivity contribution in [2.45, 2.75) is 18.3 Å². The van der Waals surface area contributed by atoms with Crippen LogP contribution < -0.4 is 0 Å². The predicted molar refractivity (Wildman–Crippen MR) is 59.5 cm³/mol. The number of cyclic esters (lactones) is 1. The molecule has 1 aromatic carbocycles. The van der Waals surface area contributed by atoms with E-state index in [1.807, 2.05) is 0 Å². The Labute approximate surface area is 99.5 Å². The van der Waals surface area contributed by atoms with Crippen LogP contribution in [0.4, 0.5) is 0 Å². The second-order valence-corrected chi connectivity index (χ2v) is 5.33. The number of rotatable bonds is 4. The summed E-state index contributed by atoms with van der Waals surface area (Å²) in [5, 5.41) is 0. The van der Waals surface area contributed by atoms with Crippen molar-refractivity contribution in [1.82, 2.24) is 0 Å². The predicted octanol–water partition coefficient (Wildman–Crippen LogP) is 0.849. The third kappa shape index (κ3) is 3.28. The molecule has 1 fully saturated rings. The maximum Gasteiger partial charge on any atom is 0.336 e. The fourth-order valence-electron chi connectivity index (χ4n) is 1.55. The fraction of sp³-hybridized carbons (Fsp3) is 0.364. The average Bonchev–Trinajstić information content (AvgIpc) is 2.64. The van der Waals surface area contributed by atoms with Gasteiger partial charge in [0.25, 0.3) is 10.1 Å². The first kappa shape index (κ1) is 12.1. The first-order chi connectivity index (χ1) is 8.07. The van der Waals surface area contributed by atoms with Gasteiger partial charge in [0.2, 0.25) is 0 Å². The van der Waals surface area contributed by atoms with E-state index in [9.17, 15) is 13.2 Å². The molecular formula is C11H12O5S. The first-order valence-corrected chi connectivity index (χ1v) is 6.76. The number of ether oxygens (including phenoxy) is 1. The van der Waals surface area contributed by atoms with Crippen molar-refractivity contribution in [2.24, 2.45) is 0 Å². The van der Waals surface area contributed by atoms with Gasteiger partial charge in [-0.1, -0.05) is 30.3 Å². The summed E-state index contributed by atoms with van der Waals surface area (Å²) >= 11 is 0. The zero-order chi connectivity index (χ0) is 12.3. The molecule has 6 heteroatoms. The van der Waals surface area contributed by atoms with Crippen molar-refractivity contribution in [3.05, 3.63) is 35.9 Å². The molecule has 0 bridgehead atoms. The van der Waals surface area contributed by atoms with E-state index in [2.05, 4.69) is 4.74 Å². The van der Waals surface area contributed by atoms with Crippen LogP contribution in [0.2, 0.25) is 0 Å². The van der Waals surface area contributed by atoms with E-state index in [-0.39, 0.29) is 18.8 Å². The van der Waals surface area contributed by atoms with Crippen molar-refractivity contribution in [1.29, 1.82) is 0 Å². The van der Waals surface area contributed by atoms with Crippen LogP contribution in [0.25, 0.3) is 0 Å². The van der Waals surface area contributed by atoms with E-state index in [0.29, 0.717) is 5.56 Å². The highest BCUT2D eigenvalue weighted by Crippen LogP contribution is 2.16. The van der Waals surface area contributed by atoms with Gasteiger partial charge >= 0.3 is 5.97 Å². The molecule has 0 spiro atoms. The lowest BCUT2D eigenvalue weighted by Gasteiger charge is -2.08. The van der Waals surface area contributed by atoms with Gasteiger partial charge in [-0.25, -0.2) is 4.79 Å².